The normalized spacial score (nSPS) is 10.3. The van der Waals surface area contributed by atoms with Crippen LogP contribution in [-0.2, 0) is 0 Å². The molecule has 0 atom stereocenters. The first-order chi connectivity index (χ1) is 6.50. The van der Waals surface area contributed by atoms with E-state index in [-0.39, 0.29) is 5.56 Å². The van der Waals surface area contributed by atoms with Crippen LogP contribution in [0.5, 0.6) is 5.88 Å². The smallest absolute Gasteiger partial charge is 0.388 e. The number of aromatic nitrogens is 1. The summed E-state index contributed by atoms with van der Waals surface area (Å²) in [6.45, 7) is -3.04. The van der Waals surface area contributed by atoms with Crippen molar-refractivity contribution < 1.29 is 18.3 Å². The fourth-order valence-corrected chi connectivity index (χ4v) is 1.11. The molecular weight excluding hydrogens is 262 g/mol. The van der Waals surface area contributed by atoms with Gasteiger partial charge in [-0.1, -0.05) is 0 Å². The van der Waals surface area contributed by atoms with Gasteiger partial charge in [0.05, 0.1) is 0 Å². The van der Waals surface area contributed by atoms with E-state index in [2.05, 4.69) is 25.7 Å². The number of amides is 1. The van der Waals surface area contributed by atoms with Gasteiger partial charge < -0.3 is 10.5 Å². The summed E-state index contributed by atoms with van der Waals surface area (Å²) in [5, 5.41) is 0. The summed E-state index contributed by atoms with van der Waals surface area (Å²) in [7, 11) is 0. The van der Waals surface area contributed by atoms with Crippen LogP contribution in [-0.4, -0.2) is 17.5 Å². The molecule has 0 saturated heterocycles. The number of halogens is 3. The molecule has 76 valence electrons. The largest absolute Gasteiger partial charge is 0.416 e. The molecule has 4 nitrogen and oxygen atoms in total. The van der Waals surface area contributed by atoms with Crippen molar-refractivity contribution in [3.63, 3.8) is 0 Å². The van der Waals surface area contributed by atoms with Gasteiger partial charge in [0, 0.05) is 10.7 Å². The molecule has 0 spiro atoms. The average Bonchev–Trinajstić information content (AvgIpc) is 2.07. The third-order valence-electron chi connectivity index (χ3n) is 1.28. The van der Waals surface area contributed by atoms with Gasteiger partial charge in [0.25, 0.3) is 5.91 Å². The van der Waals surface area contributed by atoms with Crippen molar-refractivity contribution in [1.82, 2.24) is 4.98 Å². The first-order valence-corrected chi connectivity index (χ1v) is 4.20. The lowest BCUT2D eigenvalue weighted by molar-refractivity contribution is -0.0531. The van der Waals surface area contributed by atoms with Crippen molar-refractivity contribution in [3.05, 3.63) is 22.3 Å². The van der Waals surface area contributed by atoms with E-state index in [4.69, 9.17) is 5.73 Å². The van der Waals surface area contributed by atoms with Crippen molar-refractivity contribution in [3.8, 4) is 5.88 Å². The molecule has 14 heavy (non-hydrogen) atoms. The van der Waals surface area contributed by atoms with E-state index in [1.807, 2.05) is 0 Å². The summed E-state index contributed by atoms with van der Waals surface area (Å²) >= 11 is 3.02. The number of nitrogens with zero attached hydrogens (tertiary/aromatic N) is 1. The van der Waals surface area contributed by atoms with Crippen LogP contribution >= 0.6 is 15.9 Å². The van der Waals surface area contributed by atoms with Gasteiger partial charge >= 0.3 is 6.61 Å². The van der Waals surface area contributed by atoms with Gasteiger partial charge in [-0.25, -0.2) is 4.98 Å². The van der Waals surface area contributed by atoms with E-state index < -0.39 is 18.4 Å². The summed E-state index contributed by atoms with van der Waals surface area (Å²) in [5.41, 5.74) is 4.74. The van der Waals surface area contributed by atoms with Crippen LogP contribution in [0, 0.1) is 0 Å². The van der Waals surface area contributed by atoms with Crippen LogP contribution in [0.3, 0.4) is 0 Å². The van der Waals surface area contributed by atoms with Crippen molar-refractivity contribution in [2.24, 2.45) is 5.73 Å². The number of ether oxygens (including phenoxy) is 1. The first-order valence-electron chi connectivity index (χ1n) is 3.41. The van der Waals surface area contributed by atoms with Gasteiger partial charge in [0.2, 0.25) is 5.88 Å². The Morgan fingerprint density at radius 1 is 1.64 bits per heavy atom. The van der Waals surface area contributed by atoms with E-state index >= 15 is 0 Å². The lowest BCUT2D eigenvalue weighted by Gasteiger charge is -2.06. The maximum Gasteiger partial charge on any atom is 0.388 e. The number of hydrogen-bond donors (Lipinski definition) is 1. The highest BCUT2D eigenvalue weighted by molar-refractivity contribution is 9.10. The first kappa shape index (κ1) is 10.8. The number of carbonyl (C=O) groups is 1. The molecule has 0 radical (unpaired) electrons. The minimum Gasteiger partial charge on any atom is -0.416 e. The zero-order valence-electron chi connectivity index (χ0n) is 6.71. The number of primary amides is 1. The molecule has 2 N–H and O–H groups in total. The molecule has 1 rings (SSSR count). The number of pyridine rings is 1. The second-order valence-electron chi connectivity index (χ2n) is 2.25. The zero-order valence-corrected chi connectivity index (χ0v) is 8.29. The Morgan fingerprint density at radius 3 is 2.79 bits per heavy atom. The molecule has 0 aliphatic carbocycles. The van der Waals surface area contributed by atoms with Crippen LogP contribution in [0.1, 0.15) is 10.4 Å². The quantitative estimate of drug-likeness (QED) is 0.903. The molecule has 0 aromatic carbocycles. The maximum atomic E-state index is 11.8. The highest BCUT2D eigenvalue weighted by Gasteiger charge is 2.15. The van der Waals surface area contributed by atoms with Gasteiger partial charge in [-0.05, 0) is 22.0 Å². The molecule has 0 aliphatic heterocycles. The molecular formula is C7H5BrF2N2O2. The molecule has 0 bridgehead atoms. The van der Waals surface area contributed by atoms with Crippen molar-refractivity contribution in [1.29, 1.82) is 0 Å². The summed E-state index contributed by atoms with van der Waals surface area (Å²) in [5.74, 6) is -1.36. The second kappa shape index (κ2) is 4.32. The van der Waals surface area contributed by atoms with Crippen LogP contribution in [0.25, 0.3) is 0 Å². The molecule has 0 unspecified atom stereocenters. The molecule has 1 aromatic heterocycles. The maximum absolute atomic E-state index is 11.8. The van der Waals surface area contributed by atoms with Crippen LogP contribution in [0.2, 0.25) is 0 Å². The summed E-state index contributed by atoms with van der Waals surface area (Å²) in [6, 6.07) is 1.26. The number of rotatable bonds is 3. The molecule has 0 fully saturated rings. The van der Waals surface area contributed by atoms with Crippen molar-refractivity contribution >= 4 is 21.8 Å². The van der Waals surface area contributed by atoms with Crippen molar-refractivity contribution in [2.75, 3.05) is 0 Å². The third-order valence-corrected chi connectivity index (χ3v) is 1.72. The highest BCUT2D eigenvalue weighted by atomic mass is 79.9. The topological polar surface area (TPSA) is 65.2 Å². The molecule has 0 aliphatic rings. The van der Waals surface area contributed by atoms with Gasteiger partial charge in [0.15, 0.2) is 0 Å². The SMILES string of the molecule is NC(=O)c1cc(Br)cnc1OC(F)F. The molecule has 7 heteroatoms. The van der Waals surface area contributed by atoms with E-state index in [9.17, 15) is 13.6 Å². The Balaban J connectivity index is 3.08. The van der Waals surface area contributed by atoms with Gasteiger partial charge in [-0.2, -0.15) is 8.78 Å². The standard InChI is InChI=1S/C7H5BrF2N2O2/c8-3-1-4(5(11)13)6(12-2-3)14-7(9)10/h1-2,7H,(H2,11,13). The predicted octanol–water partition coefficient (Wildman–Crippen LogP) is 1.54. The summed E-state index contributed by atoms with van der Waals surface area (Å²) < 4.78 is 28.1. The number of alkyl halides is 2. The monoisotopic (exact) mass is 266 g/mol. The minimum absolute atomic E-state index is 0.195. The van der Waals surface area contributed by atoms with Crippen LogP contribution in [0.15, 0.2) is 16.7 Å². The lowest BCUT2D eigenvalue weighted by Crippen LogP contribution is -2.15. The van der Waals surface area contributed by atoms with E-state index in [0.717, 1.165) is 0 Å². The Hall–Kier alpha value is -1.24. The molecule has 0 saturated carbocycles. The second-order valence-corrected chi connectivity index (χ2v) is 3.16. The highest BCUT2D eigenvalue weighted by Crippen LogP contribution is 2.20. The zero-order chi connectivity index (χ0) is 10.7. The van der Waals surface area contributed by atoms with Gasteiger partial charge in [-0.3, -0.25) is 4.79 Å². The van der Waals surface area contributed by atoms with Crippen molar-refractivity contribution in [2.45, 2.75) is 6.61 Å². The fraction of sp³-hybridized carbons (Fsp3) is 0.143. The number of carbonyl (C=O) groups excluding carboxylic acids is 1. The third kappa shape index (κ3) is 2.63. The Bertz CT molecular complexity index is 360. The minimum atomic E-state index is -3.04. The Kier molecular flexibility index (Phi) is 3.34. The predicted molar refractivity (Wildman–Crippen MR) is 47.1 cm³/mol. The lowest BCUT2D eigenvalue weighted by atomic mass is 10.2. The van der Waals surface area contributed by atoms with Crippen LogP contribution in [0.4, 0.5) is 8.78 Å². The average molecular weight is 267 g/mol. The summed E-state index contributed by atoms with van der Waals surface area (Å²) in [6.07, 6.45) is 1.23. The van der Waals surface area contributed by atoms with Crippen LogP contribution < -0.4 is 10.5 Å². The van der Waals surface area contributed by atoms with E-state index in [0.29, 0.717) is 4.47 Å². The van der Waals surface area contributed by atoms with E-state index in [1.165, 1.54) is 12.3 Å². The Labute approximate surface area is 86.2 Å². The fourth-order valence-electron chi connectivity index (χ4n) is 0.782. The van der Waals surface area contributed by atoms with E-state index in [1.54, 1.807) is 0 Å². The Morgan fingerprint density at radius 2 is 2.29 bits per heavy atom. The van der Waals surface area contributed by atoms with Gasteiger partial charge in [0.1, 0.15) is 5.56 Å². The summed E-state index contributed by atoms with van der Waals surface area (Å²) in [4.78, 5) is 14.3. The number of hydrogen-bond acceptors (Lipinski definition) is 3. The molecule has 1 heterocycles. The van der Waals surface area contributed by atoms with Gasteiger partial charge in [-0.15, -0.1) is 0 Å². The number of nitrogens with two attached hydrogens (primary N) is 1. The molecule has 1 aromatic rings. The molecule has 1 amide bonds.